The van der Waals surface area contributed by atoms with Gasteiger partial charge in [-0.25, -0.2) is 4.79 Å². The first-order chi connectivity index (χ1) is 13.3. The maximum Gasteiger partial charge on any atom is 0.338 e. The summed E-state index contributed by atoms with van der Waals surface area (Å²) in [5.41, 5.74) is 0.823. The Hall–Kier alpha value is -3.00. The normalized spacial score (nSPS) is 10.4. The van der Waals surface area contributed by atoms with E-state index in [0.29, 0.717) is 16.1 Å². The van der Waals surface area contributed by atoms with Crippen LogP contribution < -0.4 is 5.32 Å². The minimum Gasteiger partial charge on any atom is -0.459 e. The largest absolute Gasteiger partial charge is 0.459 e. The number of Topliss-reactive ketones (excluding diaryl/α,β-unsaturated/α-hetero) is 1. The number of esters is 2. The van der Waals surface area contributed by atoms with Gasteiger partial charge >= 0.3 is 11.9 Å². The summed E-state index contributed by atoms with van der Waals surface area (Å²) in [5, 5.41) is 4.35. The molecule has 2 rings (SSSR count). The van der Waals surface area contributed by atoms with E-state index in [1.54, 1.807) is 43.5 Å². The number of amides is 1. The van der Waals surface area contributed by atoms with Gasteiger partial charge in [0.05, 0.1) is 23.0 Å². The topological polar surface area (TPSA) is 98.8 Å². The number of carbonyl (C=O) groups excluding carboxylic acids is 4. The molecule has 1 aromatic heterocycles. The van der Waals surface area contributed by atoms with Crippen LogP contribution >= 0.6 is 11.3 Å². The van der Waals surface area contributed by atoms with Crippen molar-refractivity contribution in [2.45, 2.75) is 32.8 Å². The molecule has 0 aliphatic carbocycles. The van der Waals surface area contributed by atoms with Crippen LogP contribution in [0.2, 0.25) is 0 Å². The molecule has 0 saturated carbocycles. The smallest absolute Gasteiger partial charge is 0.338 e. The highest BCUT2D eigenvalue weighted by Gasteiger charge is 2.13. The van der Waals surface area contributed by atoms with Gasteiger partial charge in [-0.2, -0.15) is 0 Å². The average Bonchev–Trinajstić information content (AvgIpc) is 3.19. The van der Waals surface area contributed by atoms with E-state index in [2.05, 4.69) is 5.32 Å². The van der Waals surface area contributed by atoms with E-state index in [-0.39, 0.29) is 24.7 Å². The highest BCUT2D eigenvalue weighted by Crippen LogP contribution is 2.13. The van der Waals surface area contributed by atoms with Crippen molar-refractivity contribution in [2.75, 3.05) is 11.9 Å². The van der Waals surface area contributed by atoms with Crippen LogP contribution in [0.5, 0.6) is 0 Å². The van der Waals surface area contributed by atoms with Gasteiger partial charge in [0, 0.05) is 12.1 Å². The second kappa shape index (κ2) is 10.4. The summed E-state index contributed by atoms with van der Waals surface area (Å²) in [6.07, 6.45) is -0.270. The summed E-state index contributed by atoms with van der Waals surface area (Å²) in [7, 11) is 0. The Kier molecular flexibility index (Phi) is 7.88. The maximum absolute atomic E-state index is 11.9. The van der Waals surface area contributed by atoms with Gasteiger partial charge in [0.2, 0.25) is 0 Å². The molecule has 0 fully saturated rings. The van der Waals surface area contributed by atoms with Crippen molar-refractivity contribution in [3.8, 4) is 0 Å². The molecule has 0 bridgehead atoms. The molecule has 0 saturated heterocycles. The first-order valence-corrected chi connectivity index (χ1v) is 9.56. The fraction of sp³-hybridized carbons (Fsp3) is 0.300. The molecule has 7 nitrogen and oxygen atoms in total. The van der Waals surface area contributed by atoms with Gasteiger partial charge in [-0.1, -0.05) is 6.07 Å². The van der Waals surface area contributed by atoms with Gasteiger partial charge in [0.1, 0.15) is 0 Å². The third kappa shape index (κ3) is 6.96. The Balaban J connectivity index is 1.72. The molecule has 0 atom stereocenters. The highest BCUT2D eigenvalue weighted by molar-refractivity contribution is 7.12. The number of benzene rings is 1. The number of rotatable bonds is 9. The highest BCUT2D eigenvalue weighted by atomic mass is 32.1. The van der Waals surface area contributed by atoms with E-state index in [4.69, 9.17) is 9.47 Å². The lowest BCUT2D eigenvalue weighted by Gasteiger charge is -2.09. The van der Waals surface area contributed by atoms with Crippen LogP contribution in [0.25, 0.3) is 0 Å². The first kappa shape index (κ1) is 21.3. The van der Waals surface area contributed by atoms with Gasteiger partial charge < -0.3 is 14.8 Å². The Bertz CT molecular complexity index is 827. The van der Waals surface area contributed by atoms with Crippen LogP contribution in [-0.2, 0) is 19.1 Å². The molecule has 0 radical (unpaired) electrons. The molecule has 8 heteroatoms. The fourth-order valence-corrected chi connectivity index (χ4v) is 2.86. The van der Waals surface area contributed by atoms with Crippen molar-refractivity contribution in [1.82, 2.24) is 0 Å². The minimum absolute atomic E-state index is 0.0366. The molecular formula is C20H21NO6S. The van der Waals surface area contributed by atoms with Crippen LogP contribution in [0.3, 0.4) is 0 Å². The quantitative estimate of drug-likeness (QED) is 0.509. The molecule has 1 amide bonds. The second-order valence-corrected chi connectivity index (χ2v) is 7.09. The van der Waals surface area contributed by atoms with E-state index in [1.807, 2.05) is 0 Å². The predicted octanol–water partition coefficient (Wildman–Crippen LogP) is 3.46. The average molecular weight is 403 g/mol. The van der Waals surface area contributed by atoms with Gasteiger partial charge in [-0.3, -0.25) is 14.4 Å². The Morgan fingerprint density at radius 1 is 1.04 bits per heavy atom. The van der Waals surface area contributed by atoms with E-state index in [1.165, 1.54) is 23.5 Å². The van der Waals surface area contributed by atoms with Gasteiger partial charge in [0.15, 0.2) is 12.4 Å². The molecule has 1 N–H and O–H groups in total. The lowest BCUT2D eigenvalue weighted by molar-refractivity contribution is -0.147. The molecule has 148 valence electrons. The van der Waals surface area contributed by atoms with E-state index in [0.717, 1.165) is 0 Å². The summed E-state index contributed by atoms with van der Waals surface area (Å²) in [6, 6.07) is 9.62. The van der Waals surface area contributed by atoms with Crippen molar-refractivity contribution in [3.63, 3.8) is 0 Å². The number of carbonyl (C=O) groups is 4. The van der Waals surface area contributed by atoms with Crippen molar-refractivity contribution in [2.24, 2.45) is 0 Å². The Morgan fingerprint density at radius 3 is 2.36 bits per heavy atom. The molecule has 2 aromatic rings. The Morgan fingerprint density at radius 2 is 1.75 bits per heavy atom. The molecule has 0 spiro atoms. The zero-order chi connectivity index (χ0) is 20.5. The molecule has 1 heterocycles. The molecule has 0 aliphatic rings. The van der Waals surface area contributed by atoms with E-state index in [9.17, 15) is 19.2 Å². The summed E-state index contributed by atoms with van der Waals surface area (Å²) in [5.74, 6) is -1.71. The number of thiophene rings is 1. The Labute approximate surface area is 166 Å². The van der Waals surface area contributed by atoms with Gasteiger partial charge in [0.25, 0.3) is 5.91 Å². The number of nitrogens with one attached hydrogen (secondary N) is 1. The summed E-state index contributed by atoms with van der Waals surface area (Å²) in [4.78, 5) is 47.7. The van der Waals surface area contributed by atoms with Crippen LogP contribution in [0, 0.1) is 0 Å². The summed E-state index contributed by atoms with van der Waals surface area (Å²) >= 11 is 1.31. The number of hydrogen-bond donors (Lipinski definition) is 1. The van der Waals surface area contributed by atoms with Gasteiger partial charge in [-0.05, 0) is 49.6 Å². The molecule has 1 aromatic carbocycles. The molecule has 28 heavy (non-hydrogen) atoms. The fourth-order valence-electron chi connectivity index (χ4n) is 2.16. The third-order valence-corrected chi connectivity index (χ3v) is 4.37. The van der Waals surface area contributed by atoms with Crippen LogP contribution in [0.15, 0.2) is 41.8 Å². The number of ketones is 1. The molecule has 0 unspecified atom stereocenters. The zero-order valence-corrected chi connectivity index (χ0v) is 16.4. The van der Waals surface area contributed by atoms with Crippen LogP contribution in [-0.4, -0.2) is 36.3 Å². The summed E-state index contributed by atoms with van der Waals surface area (Å²) in [6.45, 7) is 3.06. The maximum atomic E-state index is 11.9. The van der Waals surface area contributed by atoms with Crippen LogP contribution in [0.4, 0.5) is 5.69 Å². The van der Waals surface area contributed by atoms with Crippen molar-refractivity contribution >= 4 is 40.7 Å². The van der Waals surface area contributed by atoms with Crippen LogP contribution in [0.1, 0.15) is 46.7 Å². The number of ether oxygens (including phenoxy) is 2. The molecular weight excluding hydrogens is 382 g/mol. The van der Waals surface area contributed by atoms with Gasteiger partial charge in [-0.15, -0.1) is 11.3 Å². The standard InChI is InChI=1S/C20H21NO6S/c1-13(2)27-20(25)14-5-7-15(8-6-14)21-18(23)12-26-19(24)10-9-16(22)17-4-3-11-28-17/h3-8,11,13H,9-10,12H2,1-2H3,(H,21,23). The van der Waals surface area contributed by atoms with Crippen molar-refractivity contribution in [3.05, 3.63) is 52.2 Å². The van der Waals surface area contributed by atoms with Crippen molar-refractivity contribution in [1.29, 1.82) is 0 Å². The predicted molar refractivity (Wildman–Crippen MR) is 104 cm³/mol. The second-order valence-electron chi connectivity index (χ2n) is 6.14. The summed E-state index contributed by atoms with van der Waals surface area (Å²) < 4.78 is 9.95. The third-order valence-electron chi connectivity index (χ3n) is 3.46. The first-order valence-electron chi connectivity index (χ1n) is 8.68. The minimum atomic E-state index is -0.619. The monoisotopic (exact) mass is 403 g/mol. The lowest BCUT2D eigenvalue weighted by Crippen LogP contribution is -2.21. The number of anilines is 1. The van der Waals surface area contributed by atoms with E-state index >= 15 is 0 Å². The van der Waals surface area contributed by atoms with E-state index < -0.39 is 24.5 Å². The lowest BCUT2D eigenvalue weighted by atomic mass is 10.2. The SMILES string of the molecule is CC(C)OC(=O)c1ccc(NC(=O)COC(=O)CCC(=O)c2cccs2)cc1. The van der Waals surface area contributed by atoms with Crippen molar-refractivity contribution < 1.29 is 28.7 Å². The molecule has 0 aliphatic heterocycles. The number of hydrogen-bond acceptors (Lipinski definition) is 7. The zero-order valence-electron chi connectivity index (χ0n) is 15.6.